The van der Waals surface area contributed by atoms with E-state index in [4.69, 9.17) is 14.2 Å². The van der Waals surface area contributed by atoms with Gasteiger partial charge in [-0.15, -0.1) is 0 Å². The molecule has 1 saturated heterocycles. The van der Waals surface area contributed by atoms with Crippen LogP contribution < -0.4 is 4.74 Å². The fourth-order valence-corrected chi connectivity index (χ4v) is 13.5. The molecular formula is C44H42O9S2. The Bertz CT molecular complexity index is 2060. The van der Waals surface area contributed by atoms with Gasteiger partial charge in [0.15, 0.2) is 20.1 Å². The Labute approximate surface area is 323 Å². The smallest absolute Gasteiger partial charge is 0.329 e. The second-order valence-electron chi connectivity index (χ2n) is 16.1. The van der Waals surface area contributed by atoms with E-state index < -0.39 is 50.5 Å². The van der Waals surface area contributed by atoms with Gasteiger partial charge in [-0.3, -0.25) is 14.4 Å². The molecule has 11 heteroatoms. The number of esters is 3. The Kier molecular flexibility index (Phi) is 9.38. The van der Waals surface area contributed by atoms with Crippen LogP contribution in [-0.2, 0) is 44.9 Å². The molecule has 0 amide bonds. The molecule has 1 aliphatic heterocycles. The lowest BCUT2D eigenvalue weighted by atomic mass is 9.52. The summed E-state index contributed by atoms with van der Waals surface area (Å²) >= 11 is 0. The first kappa shape index (κ1) is 36.2. The Morgan fingerprint density at radius 3 is 1.69 bits per heavy atom. The molecule has 4 aromatic carbocycles. The second-order valence-corrected chi connectivity index (χ2v) is 19.5. The van der Waals surface area contributed by atoms with E-state index in [1.54, 1.807) is 0 Å². The minimum Gasteiger partial charge on any atom is -0.744 e. The van der Waals surface area contributed by atoms with Crippen LogP contribution in [0.2, 0.25) is 0 Å². The molecular weight excluding hydrogens is 737 g/mol. The van der Waals surface area contributed by atoms with E-state index in [1.165, 1.54) is 33.2 Å². The van der Waals surface area contributed by atoms with Gasteiger partial charge in [-0.2, -0.15) is 0 Å². The van der Waals surface area contributed by atoms with E-state index in [1.807, 2.05) is 0 Å². The van der Waals surface area contributed by atoms with E-state index in [-0.39, 0.29) is 40.9 Å². The summed E-state index contributed by atoms with van der Waals surface area (Å²) in [6.45, 7) is 0. The van der Waals surface area contributed by atoms with Gasteiger partial charge in [-0.05, 0) is 129 Å². The van der Waals surface area contributed by atoms with Crippen molar-refractivity contribution in [1.29, 1.82) is 0 Å². The van der Waals surface area contributed by atoms with Crippen molar-refractivity contribution in [2.45, 2.75) is 76.7 Å². The van der Waals surface area contributed by atoms with Gasteiger partial charge in [0.1, 0.15) is 28.1 Å². The predicted octanol–water partition coefficient (Wildman–Crippen LogP) is 7.21. The highest BCUT2D eigenvalue weighted by Gasteiger charge is 2.75. The van der Waals surface area contributed by atoms with Crippen LogP contribution in [0.15, 0.2) is 135 Å². The van der Waals surface area contributed by atoms with Gasteiger partial charge in [0.05, 0.1) is 21.7 Å². The van der Waals surface area contributed by atoms with Gasteiger partial charge in [-0.25, -0.2) is 8.42 Å². The number of fused-ring (bicyclic) bond motifs is 1. The molecule has 284 valence electrons. The van der Waals surface area contributed by atoms with Gasteiger partial charge in [0.2, 0.25) is 0 Å². The molecule has 6 bridgehead atoms. The Morgan fingerprint density at radius 2 is 1.20 bits per heavy atom. The molecule has 11 rings (SSSR count). The highest BCUT2D eigenvalue weighted by molar-refractivity contribution is 7.97. The number of carbonyl (C=O) groups is 3. The number of rotatable bonds is 8. The summed E-state index contributed by atoms with van der Waals surface area (Å²) in [5, 5.41) is 0. The van der Waals surface area contributed by atoms with Gasteiger partial charge in [0.25, 0.3) is 0 Å². The number of ether oxygens (including phenoxy) is 3. The van der Waals surface area contributed by atoms with Crippen LogP contribution in [0.4, 0.5) is 0 Å². The summed E-state index contributed by atoms with van der Waals surface area (Å²) in [5.74, 6) is 0.104. The number of hydrogen-bond acceptors (Lipinski definition) is 9. The zero-order chi connectivity index (χ0) is 37.9. The molecule has 6 saturated carbocycles. The monoisotopic (exact) mass is 778 g/mol. The van der Waals surface area contributed by atoms with Gasteiger partial charge < -0.3 is 18.8 Å². The highest BCUT2D eigenvalue weighted by Crippen LogP contribution is 2.63. The topological polar surface area (TPSA) is 136 Å². The summed E-state index contributed by atoms with van der Waals surface area (Å²) in [6, 6.07) is 36.7. The lowest BCUT2D eigenvalue weighted by molar-refractivity contribution is -0.177. The normalized spacial score (nSPS) is 32.1. The van der Waals surface area contributed by atoms with Crippen molar-refractivity contribution in [1.82, 2.24) is 0 Å². The van der Waals surface area contributed by atoms with Gasteiger partial charge in [0, 0.05) is 11.8 Å². The average molecular weight is 779 g/mol. The lowest BCUT2D eigenvalue weighted by Gasteiger charge is -2.53. The molecule has 0 N–H and O–H groups in total. The van der Waals surface area contributed by atoms with E-state index in [0.717, 1.165) is 49.7 Å². The third-order valence-electron chi connectivity index (χ3n) is 12.9. The summed E-state index contributed by atoms with van der Waals surface area (Å²) in [4.78, 5) is 43.2. The molecule has 1 heterocycles. The first-order chi connectivity index (χ1) is 26.6. The summed E-state index contributed by atoms with van der Waals surface area (Å²) in [6.07, 6.45) is 5.29. The maximum Gasteiger partial charge on any atom is 0.329 e. The third-order valence-corrected chi connectivity index (χ3v) is 16.0. The number of carbonyl (C=O) groups excluding carboxylic acids is 3. The molecule has 9 nitrogen and oxygen atoms in total. The third kappa shape index (κ3) is 6.57. The lowest BCUT2D eigenvalue weighted by Crippen LogP contribution is -2.50. The first-order valence-corrected chi connectivity index (χ1v) is 21.8. The fourth-order valence-electron chi connectivity index (χ4n) is 10.9. The largest absolute Gasteiger partial charge is 0.744 e. The quantitative estimate of drug-likeness (QED) is 0.0598. The summed E-state index contributed by atoms with van der Waals surface area (Å²) < 4.78 is 50.6. The number of hydrogen-bond donors (Lipinski definition) is 0. The van der Waals surface area contributed by atoms with Crippen LogP contribution in [0, 0.1) is 46.8 Å². The van der Waals surface area contributed by atoms with Crippen molar-refractivity contribution in [3.05, 3.63) is 115 Å². The molecule has 0 aromatic heterocycles. The van der Waals surface area contributed by atoms with Crippen molar-refractivity contribution in [2.75, 3.05) is 0 Å². The summed E-state index contributed by atoms with van der Waals surface area (Å²) in [5.41, 5.74) is -1.45. The van der Waals surface area contributed by atoms with Crippen LogP contribution in [0.25, 0.3) is 0 Å². The fraction of sp³-hybridized carbons (Fsp3) is 0.386. The minimum atomic E-state index is -4.63. The maximum absolute atomic E-state index is 13.4. The first-order valence-electron chi connectivity index (χ1n) is 19.2. The molecule has 5 atom stereocenters. The van der Waals surface area contributed by atoms with Crippen molar-refractivity contribution < 1.29 is 41.6 Å². The minimum absolute atomic E-state index is 0.0146. The molecule has 7 aliphatic rings. The molecule has 0 radical (unpaired) electrons. The maximum atomic E-state index is 13.4. The zero-order valence-electron chi connectivity index (χ0n) is 30.1. The van der Waals surface area contributed by atoms with Crippen LogP contribution in [0.3, 0.4) is 0 Å². The molecule has 5 unspecified atom stereocenters. The Hall–Kier alpha value is -4.45. The van der Waals surface area contributed by atoms with Crippen LogP contribution in [0.1, 0.15) is 44.9 Å². The standard InChI is InChI=1S/C26H28O9S.C18H15S/c27-23(20-14-6-12-5-13(8-14)9-15(20)7-12)34-21-16-10-19-22(21)35-25(29)26(19,11-16)24(28)33-17-1-3-18(4-2-17)36(30,31)32;1-4-10-16(11-5-1)19(17-12-6-2-7-13-17)18-14-8-3-9-15-18/h1-4,12-16,19-22H,5-11H2,(H,30,31,32);1-15H/q;+1/p-1. The molecule has 4 aromatic rings. The predicted molar refractivity (Wildman–Crippen MR) is 200 cm³/mol. The van der Waals surface area contributed by atoms with E-state index in [0.29, 0.717) is 18.3 Å². The second kappa shape index (κ2) is 14.2. The Balaban J connectivity index is 0.000000176. The van der Waals surface area contributed by atoms with Gasteiger partial charge in [-0.1, -0.05) is 54.6 Å². The molecule has 55 heavy (non-hydrogen) atoms. The Morgan fingerprint density at radius 1 is 0.691 bits per heavy atom. The zero-order valence-corrected chi connectivity index (χ0v) is 31.7. The van der Waals surface area contributed by atoms with Crippen molar-refractivity contribution in [2.24, 2.45) is 46.8 Å². The average Bonchev–Trinajstić information content (AvgIpc) is 3.79. The van der Waals surface area contributed by atoms with Gasteiger partial charge >= 0.3 is 17.9 Å². The SMILES string of the molecule is O=C(OC1C2CC3C1OC(=O)C3(C(=O)Oc1ccc(S(=O)(=O)[O-])cc1)C2)C1C2CC3CC(C2)CC1C3.c1ccc([S+](c2ccccc2)c2ccccc2)cc1. The van der Waals surface area contributed by atoms with Crippen LogP contribution >= 0.6 is 0 Å². The molecule has 0 spiro atoms. The van der Waals surface area contributed by atoms with Crippen LogP contribution in [0.5, 0.6) is 5.75 Å². The van der Waals surface area contributed by atoms with E-state index in [9.17, 15) is 27.4 Å². The number of benzene rings is 4. The molecule has 6 aliphatic carbocycles. The van der Waals surface area contributed by atoms with Crippen LogP contribution in [-0.4, -0.2) is 43.1 Å². The van der Waals surface area contributed by atoms with E-state index in [2.05, 4.69) is 91.0 Å². The van der Waals surface area contributed by atoms with Crippen molar-refractivity contribution >= 4 is 38.9 Å². The van der Waals surface area contributed by atoms with E-state index >= 15 is 0 Å². The molecule has 7 fully saturated rings. The van der Waals surface area contributed by atoms with Crippen molar-refractivity contribution in [3.63, 3.8) is 0 Å². The highest BCUT2D eigenvalue weighted by atomic mass is 32.2. The van der Waals surface area contributed by atoms with Crippen molar-refractivity contribution in [3.8, 4) is 5.75 Å². The summed E-state index contributed by atoms with van der Waals surface area (Å²) in [7, 11) is -4.64.